The number of carbonyl (C=O) groups is 2. The molecule has 0 aliphatic carbocycles. The van der Waals surface area contributed by atoms with Gasteiger partial charge in [0.1, 0.15) is 6.04 Å². The second-order valence-corrected chi connectivity index (χ2v) is 5.63. The Kier molecular flexibility index (Phi) is 5.74. The number of hydrogen-bond donors (Lipinski definition) is 2. The van der Waals surface area contributed by atoms with Crippen molar-refractivity contribution in [2.75, 3.05) is 0 Å². The minimum Gasteiger partial charge on any atom is -0.480 e. The summed E-state index contributed by atoms with van der Waals surface area (Å²) in [6.07, 6.45) is 0.966. The van der Waals surface area contributed by atoms with Crippen molar-refractivity contribution in [3.8, 4) is 0 Å². The van der Waals surface area contributed by atoms with Gasteiger partial charge in [-0.3, -0.25) is 9.59 Å². The molecule has 0 spiro atoms. The predicted molar refractivity (Wildman–Crippen MR) is 78.6 cm³/mol. The normalized spacial score (nSPS) is 13.8. The van der Waals surface area contributed by atoms with Gasteiger partial charge in [-0.05, 0) is 37.3 Å². The van der Waals surface area contributed by atoms with Gasteiger partial charge in [0.15, 0.2) is 0 Å². The summed E-state index contributed by atoms with van der Waals surface area (Å²) >= 11 is 0. The zero-order valence-corrected chi connectivity index (χ0v) is 12.5. The fourth-order valence-corrected chi connectivity index (χ4v) is 2.01. The van der Waals surface area contributed by atoms with Crippen LogP contribution in [0.15, 0.2) is 24.3 Å². The Labute approximate surface area is 120 Å². The first kappa shape index (κ1) is 16.2. The maximum atomic E-state index is 12.0. The van der Waals surface area contributed by atoms with Gasteiger partial charge in [-0.15, -0.1) is 0 Å². The molecule has 0 saturated heterocycles. The quantitative estimate of drug-likeness (QED) is 0.840. The van der Waals surface area contributed by atoms with Crippen molar-refractivity contribution in [2.24, 2.45) is 5.92 Å². The van der Waals surface area contributed by atoms with Crippen LogP contribution in [0.1, 0.15) is 44.7 Å². The summed E-state index contributed by atoms with van der Waals surface area (Å²) in [5, 5.41) is 11.3. The fourth-order valence-electron chi connectivity index (χ4n) is 2.01. The van der Waals surface area contributed by atoms with Crippen LogP contribution in [0.2, 0.25) is 0 Å². The van der Waals surface area contributed by atoms with Crippen molar-refractivity contribution in [1.29, 1.82) is 0 Å². The molecule has 0 heterocycles. The summed E-state index contributed by atoms with van der Waals surface area (Å²) in [5.74, 6) is -1.09. The smallest absolute Gasteiger partial charge is 0.325 e. The van der Waals surface area contributed by atoms with Gasteiger partial charge in [0.2, 0.25) is 5.91 Å². The van der Waals surface area contributed by atoms with Gasteiger partial charge in [0.25, 0.3) is 0 Å². The Morgan fingerprint density at radius 2 is 1.85 bits per heavy atom. The summed E-state index contributed by atoms with van der Waals surface area (Å²) in [6, 6.07) is 7.05. The highest BCUT2D eigenvalue weighted by Gasteiger charge is 2.20. The van der Waals surface area contributed by atoms with E-state index >= 15 is 0 Å². The molecule has 4 heteroatoms. The highest BCUT2D eigenvalue weighted by atomic mass is 16.4. The highest BCUT2D eigenvalue weighted by Crippen LogP contribution is 2.18. The van der Waals surface area contributed by atoms with E-state index in [9.17, 15) is 9.59 Å². The molecule has 1 unspecified atom stereocenters. The molecule has 1 aromatic rings. The second-order valence-electron chi connectivity index (χ2n) is 5.63. The molecule has 0 bridgehead atoms. The molecule has 110 valence electrons. The number of carbonyl (C=O) groups excluding carboxylic acids is 1. The number of hydrogen-bond acceptors (Lipinski definition) is 2. The van der Waals surface area contributed by atoms with E-state index in [0.29, 0.717) is 5.92 Å². The average molecular weight is 277 g/mol. The molecule has 2 N–H and O–H groups in total. The molecule has 0 aliphatic heterocycles. The first-order valence-electron chi connectivity index (χ1n) is 6.93. The fraction of sp³-hybridized carbons (Fsp3) is 0.500. The van der Waals surface area contributed by atoms with Gasteiger partial charge in [-0.1, -0.05) is 38.1 Å². The first-order chi connectivity index (χ1) is 9.31. The van der Waals surface area contributed by atoms with Crippen LogP contribution >= 0.6 is 0 Å². The Balaban J connectivity index is 2.78. The van der Waals surface area contributed by atoms with Crippen molar-refractivity contribution in [1.82, 2.24) is 5.32 Å². The van der Waals surface area contributed by atoms with E-state index in [1.807, 2.05) is 24.3 Å². The minimum atomic E-state index is -1.03. The second kappa shape index (κ2) is 7.08. The van der Waals surface area contributed by atoms with Crippen LogP contribution in [0, 0.1) is 5.92 Å². The first-order valence-corrected chi connectivity index (χ1v) is 6.93. The lowest BCUT2D eigenvalue weighted by atomic mass is 9.95. The zero-order chi connectivity index (χ0) is 15.3. The van der Waals surface area contributed by atoms with E-state index in [-0.39, 0.29) is 11.8 Å². The van der Waals surface area contributed by atoms with Crippen LogP contribution in [0.4, 0.5) is 0 Å². The molecule has 0 fully saturated rings. The monoisotopic (exact) mass is 277 g/mol. The lowest BCUT2D eigenvalue weighted by Gasteiger charge is -2.16. The molecular weight excluding hydrogens is 254 g/mol. The summed E-state index contributed by atoms with van der Waals surface area (Å²) < 4.78 is 0. The van der Waals surface area contributed by atoms with E-state index in [1.54, 1.807) is 6.92 Å². The Morgan fingerprint density at radius 3 is 2.40 bits per heavy atom. The Hall–Kier alpha value is -1.84. The molecule has 20 heavy (non-hydrogen) atoms. The lowest BCUT2D eigenvalue weighted by Crippen LogP contribution is -2.40. The molecule has 0 aromatic heterocycles. The molecule has 0 saturated carbocycles. The summed E-state index contributed by atoms with van der Waals surface area (Å²) in [6.45, 7) is 7.55. The third-order valence-corrected chi connectivity index (χ3v) is 3.22. The maximum absolute atomic E-state index is 12.0. The molecule has 0 aliphatic rings. The molecular formula is C16H23NO3. The Bertz CT molecular complexity index is 482. The highest BCUT2D eigenvalue weighted by molar-refractivity contribution is 5.87. The predicted octanol–water partition coefficient (Wildman–Crippen LogP) is 2.58. The van der Waals surface area contributed by atoms with E-state index in [4.69, 9.17) is 5.11 Å². The summed E-state index contributed by atoms with van der Waals surface area (Å²) in [5.41, 5.74) is 2.11. The number of nitrogens with one attached hydrogen (secondary N) is 1. The topological polar surface area (TPSA) is 66.4 Å². The molecule has 1 aromatic carbocycles. The largest absolute Gasteiger partial charge is 0.480 e. The van der Waals surface area contributed by atoms with E-state index < -0.39 is 12.0 Å². The van der Waals surface area contributed by atoms with Crippen LogP contribution in [0.5, 0.6) is 0 Å². The minimum absolute atomic E-state index is 0.262. The average Bonchev–Trinajstić information content (AvgIpc) is 2.37. The van der Waals surface area contributed by atoms with Crippen molar-refractivity contribution in [2.45, 2.75) is 46.1 Å². The van der Waals surface area contributed by atoms with Gasteiger partial charge < -0.3 is 10.4 Å². The third-order valence-electron chi connectivity index (χ3n) is 3.22. The standard InChI is InChI=1S/C16H23NO3/c1-10(2)8-13-6-5-7-14(9-13)11(3)15(18)17-12(4)16(19)20/h5-7,9-12H,8H2,1-4H3,(H,17,18)(H,19,20)/t11?,12-/m1/s1. The van der Waals surface area contributed by atoms with Crippen molar-refractivity contribution in [3.63, 3.8) is 0 Å². The molecule has 1 amide bonds. The maximum Gasteiger partial charge on any atom is 0.325 e. The van der Waals surface area contributed by atoms with Crippen LogP contribution in [-0.4, -0.2) is 23.0 Å². The number of aliphatic carboxylic acids is 1. The number of rotatable bonds is 6. The number of amides is 1. The van der Waals surface area contributed by atoms with Gasteiger partial charge >= 0.3 is 5.97 Å². The molecule has 0 radical (unpaired) electrons. The van der Waals surface area contributed by atoms with Gasteiger partial charge in [0.05, 0.1) is 5.92 Å². The molecule has 1 rings (SSSR count). The van der Waals surface area contributed by atoms with E-state index in [2.05, 4.69) is 19.2 Å². The molecule has 4 nitrogen and oxygen atoms in total. The zero-order valence-electron chi connectivity index (χ0n) is 12.5. The number of carboxylic acid groups (broad SMARTS) is 1. The van der Waals surface area contributed by atoms with Crippen molar-refractivity contribution in [3.05, 3.63) is 35.4 Å². The number of benzene rings is 1. The summed E-state index contributed by atoms with van der Waals surface area (Å²) in [7, 11) is 0. The third kappa shape index (κ3) is 4.68. The van der Waals surface area contributed by atoms with E-state index in [1.165, 1.54) is 12.5 Å². The van der Waals surface area contributed by atoms with Crippen LogP contribution in [0.25, 0.3) is 0 Å². The lowest BCUT2D eigenvalue weighted by molar-refractivity contribution is -0.141. The molecule has 2 atom stereocenters. The van der Waals surface area contributed by atoms with Crippen molar-refractivity contribution >= 4 is 11.9 Å². The SMILES string of the molecule is CC(C)Cc1cccc(C(C)C(=O)N[C@H](C)C(=O)O)c1. The van der Waals surface area contributed by atoms with Crippen molar-refractivity contribution < 1.29 is 14.7 Å². The van der Waals surface area contributed by atoms with Gasteiger partial charge in [-0.25, -0.2) is 0 Å². The van der Waals surface area contributed by atoms with Gasteiger partial charge in [0, 0.05) is 0 Å². The van der Waals surface area contributed by atoms with E-state index in [0.717, 1.165) is 12.0 Å². The number of carboxylic acids is 1. The van der Waals surface area contributed by atoms with Crippen LogP contribution in [-0.2, 0) is 16.0 Å². The van der Waals surface area contributed by atoms with Crippen LogP contribution in [0.3, 0.4) is 0 Å². The van der Waals surface area contributed by atoms with Gasteiger partial charge in [-0.2, -0.15) is 0 Å². The Morgan fingerprint density at radius 1 is 1.20 bits per heavy atom. The van der Waals surface area contributed by atoms with Crippen LogP contribution < -0.4 is 5.32 Å². The summed E-state index contributed by atoms with van der Waals surface area (Å²) in [4.78, 5) is 22.8.